The molecule has 4 rings (SSSR count). The number of para-hydroxylation sites is 1. The topological polar surface area (TPSA) is 84.2 Å². The van der Waals surface area contributed by atoms with Crippen molar-refractivity contribution in [2.45, 2.75) is 0 Å². The van der Waals surface area contributed by atoms with Crippen LogP contribution >= 0.6 is 11.3 Å². The molecule has 0 bridgehead atoms. The molecule has 0 fully saturated rings. The van der Waals surface area contributed by atoms with Crippen molar-refractivity contribution in [1.82, 2.24) is 10.4 Å². The number of carbonyl (C=O) groups is 1. The first-order chi connectivity index (χ1) is 12.5. The molecule has 0 saturated heterocycles. The van der Waals surface area contributed by atoms with Crippen molar-refractivity contribution in [2.24, 2.45) is 0 Å². The average Bonchev–Trinajstić information content (AvgIpc) is 3.03. The van der Waals surface area contributed by atoms with E-state index in [9.17, 15) is 18.4 Å². The largest absolute Gasteiger partial charge is 0.463 e. The van der Waals surface area contributed by atoms with Gasteiger partial charge in [0.1, 0.15) is 28.7 Å². The fraction of sp³-hybridized carbons (Fsp3) is 0. The van der Waals surface area contributed by atoms with Gasteiger partial charge < -0.3 is 4.42 Å². The number of aromatic nitrogens is 1. The van der Waals surface area contributed by atoms with Crippen molar-refractivity contribution in [3.63, 3.8) is 0 Å². The maximum Gasteiger partial charge on any atom is 0.276 e. The van der Waals surface area contributed by atoms with E-state index >= 15 is 0 Å². The van der Waals surface area contributed by atoms with Crippen LogP contribution in [0.25, 0.3) is 21.2 Å². The number of thiazole rings is 1. The summed E-state index contributed by atoms with van der Waals surface area (Å²) in [6, 6.07) is 8.41. The lowest BCUT2D eigenvalue weighted by Gasteiger charge is -2.05. The van der Waals surface area contributed by atoms with E-state index in [-0.39, 0.29) is 26.3 Å². The number of hydrazine groups is 1. The average molecular weight is 373 g/mol. The van der Waals surface area contributed by atoms with Crippen LogP contribution in [0.5, 0.6) is 0 Å². The van der Waals surface area contributed by atoms with Crippen molar-refractivity contribution in [2.75, 3.05) is 5.43 Å². The van der Waals surface area contributed by atoms with Crippen molar-refractivity contribution >= 4 is 43.6 Å². The summed E-state index contributed by atoms with van der Waals surface area (Å²) in [5, 5.41) is 0.417. The highest BCUT2D eigenvalue weighted by Gasteiger charge is 2.15. The minimum Gasteiger partial charge on any atom is -0.463 e. The number of anilines is 1. The highest BCUT2D eigenvalue weighted by molar-refractivity contribution is 7.22. The third-order valence-corrected chi connectivity index (χ3v) is 4.54. The van der Waals surface area contributed by atoms with Crippen LogP contribution in [0.1, 0.15) is 10.4 Å². The van der Waals surface area contributed by atoms with E-state index in [2.05, 4.69) is 15.8 Å². The first kappa shape index (κ1) is 16.2. The van der Waals surface area contributed by atoms with Crippen LogP contribution in [-0.2, 0) is 0 Å². The number of hydrogen-bond donors (Lipinski definition) is 2. The van der Waals surface area contributed by atoms with E-state index in [4.69, 9.17) is 4.42 Å². The molecule has 0 aliphatic heterocycles. The molecule has 0 atom stereocenters. The van der Waals surface area contributed by atoms with Crippen LogP contribution in [0.3, 0.4) is 0 Å². The Labute approximate surface area is 148 Å². The van der Waals surface area contributed by atoms with E-state index in [0.717, 1.165) is 29.7 Å². The lowest BCUT2D eigenvalue weighted by molar-refractivity contribution is 0.0960. The van der Waals surface area contributed by atoms with Crippen LogP contribution in [0.4, 0.5) is 13.9 Å². The van der Waals surface area contributed by atoms with E-state index in [1.165, 1.54) is 0 Å². The van der Waals surface area contributed by atoms with Gasteiger partial charge in [0.15, 0.2) is 5.82 Å². The number of nitrogens with zero attached hydrogens (tertiary/aromatic N) is 1. The van der Waals surface area contributed by atoms with Gasteiger partial charge in [0, 0.05) is 6.07 Å². The zero-order valence-electron chi connectivity index (χ0n) is 12.9. The van der Waals surface area contributed by atoms with Crippen LogP contribution in [0.15, 0.2) is 51.9 Å². The summed E-state index contributed by atoms with van der Waals surface area (Å²) in [5.41, 5.74) is 4.46. The monoisotopic (exact) mass is 373 g/mol. The summed E-state index contributed by atoms with van der Waals surface area (Å²) in [6.07, 6.45) is 1.06. The Hall–Kier alpha value is -3.33. The number of amides is 1. The molecule has 130 valence electrons. The van der Waals surface area contributed by atoms with E-state index in [0.29, 0.717) is 5.58 Å². The predicted molar refractivity (Wildman–Crippen MR) is 93.1 cm³/mol. The molecule has 2 heterocycles. The second kappa shape index (κ2) is 6.19. The maximum atomic E-state index is 13.7. The molecule has 2 N–H and O–H groups in total. The molecule has 4 aromatic rings. The Morgan fingerprint density at radius 2 is 2.00 bits per heavy atom. The van der Waals surface area contributed by atoms with Crippen molar-refractivity contribution in [3.05, 3.63) is 70.1 Å². The van der Waals surface area contributed by atoms with Gasteiger partial charge in [-0.25, -0.2) is 13.8 Å². The van der Waals surface area contributed by atoms with Crippen molar-refractivity contribution in [3.8, 4) is 0 Å². The molecule has 0 aliphatic rings. The quantitative estimate of drug-likeness (QED) is 0.538. The van der Waals surface area contributed by atoms with Gasteiger partial charge in [-0.2, -0.15) is 0 Å². The fourth-order valence-corrected chi connectivity index (χ4v) is 3.28. The Balaban J connectivity index is 1.59. The zero-order valence-corrected chi connectivity index (χ0v) is 13.7. The molecular formula is C17H9F2N3O3S. The molecule has 9 heteroatoms. The highest BCUT2D eigenvalue weighted by atomic mass is 32.1. The van der Waals surface area contributed by atoms with Crippen LogP contribution in [0.2, 0.25) is 0 Å². The zero-order chi connectivity index (χ0) is 18.3. The van der Waals surface area contributed by atoms with Crippen molar-refractivity contribution in [1.29, 1.82) is 0 Å². The highest BCUT2D eigenvalue weighted by Crippen LogP contribution is 2.28. The third kappa shape index (κ3) is 2.78. The molecule has 0 unspecified atom stereocenters. The Kier molecular flexibility index (Phi) is 3.85. The minimum absolute atomic E-state index is 0.0154. The molecule has 6 nitrogen and oxygen atoms in total. The molecule has 2 aromatic carbocycles. The van der Waals surface area contributed by atoms with Crippen LogP contribution < -0.4 is 16.3 Å². The SMILES string of the molecule is O=C(NNc1nc2c(F)cc(F)cc2s1)c1coc2ccccc2c1=O. The van der Waals surface area contributed by atoms with Gasteiger partial charge in [0.2, 0.25) is 10.6 Å². The lowest BCUT2D eigenvalue weighted by Crippen LogP contribution is -2.32. The molecule has 0 saturated carbocycles. The first-order valence-corrected chi connectivity index (χ1v) is 8.17. The fourth-order valence-electron chi connectivity index (χ4n) is 2.42. The third-order valence-electron chi connectivity index (χ3n) is 3.62. The summed E-state index contributed by atoms with van der Waals surface area (Å²) in [6.45, 7) is 0. The van der Waals surface area contributed by atoms with Crippen LogP contribution in [-0.4, -0.2) is 10.9 Å². The van der Waals surface area contributed by atoms with Crippen LogP contribution in [0, 0.1) is 11.6 Å². The Morgan fingerprint density at radius 1 is 1.19 bits per heavy atom. The van der Waals surface area contributed by atoms with Gasteiger partial charge in [-0.1, -0.05) is 23.5 Å². The summed E-state index contributed by atoms with van der Waals surface area (Å²) in [7, 11) is 0. The molecule has 0 aliphatic carbocycles. The maximum absolute atomic E-state index is 13.7. The molecule has 1 amide bonds. The van der Waals surface area contributed by atoms with E-state index < -0.39 is 23.0 Å². The predicted octanol–water partition coefficient (Wildman–Crippen LogP) is 3.44. The van der Waals surface area contributed by atoms with Gasteiger partial charge in [0.05, 0.1) is 10.1 Å². The number of nitrogens with one attached hydrogen (secondary N) is 2. The van der Waals surface area contributed by atoms with Gasteiger partial charge in [-0.05, 0) is 18.2 Å². The summed E-state index contributed by atoms with van der Waals surface area (Å²) >= 11 is 0.951. The second-order valence-electron chi connectivity index (χ2n) is 5.31. The van der Waals surface area contributed by atoms with Gasteiger partial charge >= 0.3 is 0 Å². The molecule has 2 aromatic heterocycles. The summed E-state index contributed by atoms with van der Waals surface area (Å²) in [5.74, 6) is -2.26. The van der Waals surface area contributed by atoms with Gasteiger partial charge in [-0.3, -0.25) is 20.4 Å². The molecule has 0 radical (unpaired) electrons. The van der Waals surface area contributed by atoms with Gasteiger partial charge in [-0.15, -0.1) is 0 Å². The number of hydrogen-bond acceptors (Lipinski definition) is 6. The standard InChI is InChI=1S/C17H9F2N3O3S/c18-8-5-11(19)14-13(6-8)26-17(20-14)22-21-16(24)10-7-25-12-4-2-1-3-9(12)15(10)23/h1-7H,(H,20,22)(H,21,24). The van der Waals surface area contributed by atoms with E-state index in [1.54, 1.807) is 24.3 Å². The second-order valence-corrected chi connectivity index (χ2v) is 6.34. The number of carbonyl (C=O) groups excluding carboxylic acids is 1. The number of benzene rings is 2. The number of rotatable bonds is 3. The van der Waals surface area contributed by atoms with E-state index in [1.807, 2.05) is 0 Å². The summed E-state index contributed by atoms with van der Waals surface area (Å²) < 4.78 is 32.4. The normalized spacial score (nSPS) is 11.0. The summed E-state index contributed by atoms with van der Waals surface area (Å²) in [4.78, 5) is 28.5. The molecular weight excluding hydrogens is 364 g/mol. The molecule has 26 heavy (non-hydrogen) atoms. The Bertz CT molecular complexity index is 1220. The smallest absolute Gasteiger partial charge is 0.276 e. The molecule has 0 spiro atoms. The van der Waals surface area contributed by atoms with Gasteiger partial charge in [0.25, 0.3) is 5.91 Å². The Morgan fingerprint density at radius 3 is 2.85 bits per heavy atom. The minimum atomic E-state index is -0.800. The number of halogens is 2. The lowest BCUT2D eigenvalue weighted by atomic mass is 10.2. The first-order valence-electron chi connectivity index (χ1n) is 7.35. The van der Waals surface area contributed by atoms with Crippen molar-refractivity contribution < 1.29 is 18.0 Å². The number of fused-ring (bicyclic) bond motifs is 2.